The van der Waals surface area contributed by atoms with Crippen LogP contribution in [0.2, 0.25) is 0 Å². The minimum absolute atomic E-state index is 0.0524. The molecule has 2 N–H and O–H groups in total. The summed E-state index contributed by atoms with van der Waals surface area (Å²) in [5.41, 5.74) is 4.04. The first kappa shape index (κ1) is 21.7. The van der Waals surface area contributed by atoms with Gasteiger partial charge in [-0.15, -0.1) is 0 Å². The van der Waals surface area contributed by atoms with E-state index in [0.29, 0.717) is 0 Å². The van der Waals surface area contributed by atoms with Crippen molar-refractivity contribution in [1.29, 1.82) is 0 Å². The van der Waals surface area contributed by atoms with Gasteiger partial charge in [-0.3, -0.25) is 29.2 Å². The Morgan fingerprint density at radius 1 is 1.35 bits per heavy atom. The molecular weight excluding hydrogens is 440 g/mol. The minimum atomic E-state index is -3.74. The van der Waals surface area contributed by atoms with Crippen LogP contribution in [0.15, 0.2) is 18.2 Å². The van der Waals surface area contributed by atoms with Crippen molar-refractivity contribution in [3.05, 3.63) is 38.4 Å². The van der Waals surface area contributed by atoms with E-state index >= 15 is 0 Å². The van der Waals surface area contributed by atoms with Crippen LogP contribution in [0.4, 0.5) is 17.1 Å². The number of non-ortho nitro benzene ring substituents is 1. The molecule has 0 aromatic heterocycles. The Balaban J connectivity index is 3.24. The second kappa shape index (κ2) is 8.86. The van der Waals surface area contributed by atoms with Gasteiger partial charge in [0.25, 0.3) is 21.5 Å². The normalized spacial score (nSPS) is 12.4. The Morgan fingerprint density at radius 3 is 2.42 bits per heavy atom. The topological polar surface area (TPSA) is 176 Å². The SMILES string of the molecule is CS(=O)(=O)OCCN(CC(Br)C(N)=O)c1ccc([N+](=O)[O-])cc1[N+](=O)[O-]. The van der Waals surface area contributed by atoms with Gasteiger partial charge in [-0.25, -0.2) is 0 Å². The number of nitrogens with zero attached hydrogens (tertiary/aromatic N) is 3. The number of halogens is 1. The molecule has 0 heterocycles. The predicted molar refractivity (Wildman–Crippen MR) is 94.7 cm³/mol. The largest absolute Gasteiger partial charge is 0.369 e. The van der Waals surface area contributed by atoms with Crippen molar-refractivity contribution in [2.45, 2.75) is 4.83 Å². The number of alkyl halides is 1. The molecule has 0 spiro atoms. The molecule has 0 saturated carbocycles. The molecule has 144 valence electrons. The van der Waals surface area contributed by atoms with Gasteiger partial charge in [0.1, 0.15) is 10.5 Å². The Hall–Kier alpha value is -2.32. The van der Waals surface area contributed by atoms with E-state index in [4.69, 9.17) is 5.73 Å². The van der Waals surface area contributed by atoms with Crippen molar-refractivity contribution in [2.24, 2.45) is 5.73 Å². The molecule has 1 amide bonds. The van der Waals surface area contributed by atoms with Gasteiger partial charge in [-0.05, 0) is 6.07 Å². The summed E-state index contributed by atoms with van der Waals surface area (Å²) in [4.78, 5) is 32.1. The summed E-state index contributed by atoms with van der Waals surface area (Å²) in [5.74, 6) is -0.747. The zero-order chi connectivity index (χ0) is 20.1. The third-order valence-electron chi connectivity index (χ3n) is 3.06. The van der Waals surface area contributed by atoms with Gasteiger partial charge in [0.05, 0.1) is 28.8 Å². The van der Waals surface area contributed by atoms with Crippen LogP contribution in [-0.4, -0.2) is 55.0 Å². The number of rotatable bonds is 10. The van der Waals surface area contributed by atoms with Gasteiger partial charge < -0.3 is 10.6 Å². The van der Waals surface area contributed by atoms with Gasteiger partial charge in [0, 0.05) is 19.2 Å². The molecule has 0 aliphatic carbocycles. The Kier molecular flexibility index (Phi) is 7.41. The van der Waals surface area contributed by atoms with Crippen molar-refractivity contribution in [3.63, 3.8) is 0 Å². The molecule has 0 aliphatic heterocycles. The fraction of sp³-hybridized carbons (Fsp3) is 0.417. The fourth-order valence-corrected chi connectivity index (χ4v) is 2.66. The van der Waals surface area contributed by atoms with Crippen LogP contribution in [0.3, 0.4) is 0 Å². The molecule has 12 nitrogen and oxygen atoms in total. The quantitative estimate of drug-likeness (QED) is 0.228. The minimum Gasteiger partial charge on any atom is -0.369 e. The van der Waals surface area contributed by atoms with Crippen LogP contribution in [0.25, 0.3) is 0 Å². The van der Waals surface area contributed by atoms with Crippen molar-refractivity contribution >= 4 is 49.0 Å². The van der Waals surface area contributed by atoms with Crippen molar-refractivity contribution in [2.75, 3.05) is 30.9 Å². The Morgan fingerprint density at radius 2 is 1.96 bits per heavy atom. The number of nitro benzene ring substituents is 2. The number of amides is 1. The first-order valence-electron chi connectivity index (χ1n) is 6.88. The lowest BCUT2D eigenvalue weighted by Gasteiger charge is -2.25. The molecule has 14 heteroatoms. The summed E-state index contributed by atoms with van der Waals surface area (Å²) in [6.45, 7) is -0.659. The Labute approximate surface area is 156 Å². The van der Waals surface area contributed by atoms with Crippen LogP contribution in [-0.2, 0) is 19.1 Å². The number of carbonyl (C=O) groups is 1. The summed E-state index contributed by atoms with van der Waals surface area (Å²) in [5, 5.41) is 22.1. The van der Waals surface area contributed by atoms with Crippen LogP contribution < -0.4 is 10.6 Å². The lowest BCUT2D eigenvalue weighted by Crippen LogP contribution is -2.39. The molecule has 1 aromatic rings. The highest BCUT2D eigenvalue weighted by Crippen LogP contribution is 2.32. The number of primary amides is 1. The summed E-state index contributed by atoms with van der Waals surface area (Å²) in [7, 11) is -3.74. The van der Waals surface area contributed by atoms with Crippen LogP contribution in [0, 0.1) is 20.2 Å². The lowest BCUT2D eigenvalue weighted by molar-refractivity contribution is -0.393. The summed E-state index contributed by atoms with van der Waals surface area (Å²) >= 11 is 3.02. The molecule has 1 aromatic carbocycles. The average Bonchev–Trinajstić information content (AvgIpc) is 2.51. The second-order valence-corrected chi connectivity index (χ2v) is 7.78. The first-order chi connectivity index (χ1) is 11.9. The average molecular weight is 455 g/mol. The van der Waals surface area contributed by atoms with Gasteiger partial charge in [-0.2, -0.15) is 8.42 Å². The molecule has 0 radical (unpaired) electrons. The third kappa shape index (κ3) is 6.53. The van der Waals surface area contributed by atoms with Crippen molar-refractivity contribution < 1.29 is 27.2 Å². The maximum Gasteiger partial charge on any atom is 0.299 e. The highest BCUT2D eigenvalue weighted by Gasteiger charge is 2.26. The zero-order valence-electron chi connectivity index (χ0n) is 13.4. The fourth-order valence-electron chi connectivity index (χ4n) is 1.93. The first-order valence-corrected chi connectivity index (χ1v) is 9.61. The molecule has 0 aliphatic rings. The predicted octanol–water partition coefficient (Wildman–Crippen LogP) is 0.534. The van der Waals surface area contributed by atoms with Gasteiger partial charge in [-0.1, -0.05) is 15.9 Å². The number of hydrogen-bond donors (Lipinski definition) is 1. The van der Waals surface area contributed by atoms with E-state index in [1.165, 1.54) is 4.90 Å². The monoisotopic (exact) mass is 454 g/mol. The number of benzene rings is 1. The van der Waals surface area contributed by atoms with Crippen molar-refractivity contribution in [3.8, 4) is 0 Å². The highest BCUT2D eigenvalue weighted by atomic mass is 79.9. The molecule has 26 heavy (non-hydrogen) atoms. The van der Waals surface area contributed by atoms with E-state index in [1.54, 1.807) is 0 Å². The van der Waals surface area contributed by atoms with E-state index in [0.717, 1.165) is 24.5 Å². The van der Waals surface area contributed by atoms with Crippen molar-refractivity contribution in [1.82, 2.24) is 0 Å². The number of hydrogen-bond acceptors (Lipinski definition) is 9. The maximum atomic E-state index is 11.3. The number of carbonyl (C=O) groups excluding carboxylic acids is 1. The number of anilines is 1. The van der Waals surface area contributed by atoms with E-state index in [9.17, 15) is 33.4 Å². The summed E-state index contributed by atoms with van der Waals surface area (Å²) < 4.78 is 26.7. The zero-order valence-corrected chi connectivity index (χ0v) is 15.8. The third-order valence-corrected chi connectivity index (χ3v) is 4.39. The smallest absolute Gasteiger partial charge is 0.299 e. The van der Waals surface area contributed by atoms with Gasteiger partial charge in [0.2, 0.25) is 5.91 Å². The maximum absolute atomic E-state index is 11.3. The molecule has 1 atom stereocenters. The number of nitrogens with two attached hydrogens (primary N) is 1. The van der Waals surface area contributed by atoms with Crippen LogP contribution in [0.5, 0.6) is 0 Å². The lowest BCUT2D eigenvalue weighted by atomic mass is 10.2. The molecule has 0 fully saturated rings. The summed E-state index contributed by atoms with van der Waals surface area (Å²) in [6.07, 6.45) is 0.836. The highest BCUT2D eigenvalue weighted by molar-refractivity contribution is 9.10. The Bertz CT molecular complexity index is 815. The standard InChI is InChI=1S/C12H15BrN4O8S/c1-26(23,24)25-5-4-15(7-9(13)12(14)18)10-3-2-8(16(19)20)6-11(10)17(21)22/h2-3,6,9H,4-5,7H2,1H3,(H2,14,18). The summed E-state index contributed by atoms with van der Waals surface area (Å²) in [6, 6.07) is 2.96. The van der Waals surface area contributed by atoms with E-state index in [-0.39, 0.29) is 25.4 Å². The number of nitro groups is 2. The van der Waals surface area contributed by atoms with E-state index < -0.39 is 42.1 Å². The molecule has 0 bridgehead atoms. The molecule has 1 unspecified atom stereocenters. The van der Waals surface area contributed by atoms with E-state index in [2.05, 4.69) is 20.1 Å². The van der Waals surface area contributed by atoms with E-state index in [1.807, 2.05) is 0 Å². The molecule has 0 saturated heterocycles. The van der Waals surface area contributed by atoms with Crippen LogP contribution in [0.1, 0.15) is 0 Å². The van der Waals surface area contributed by atoms with Gasteiger partial charge in [0.15, 0.2) is 0 Å². The van der Waals surface area contributed by atoms with Gasteiger partial charge >= 0.3 is 0 Å². The molecule has 1 rings (SSSR count). The van der Waals surface area contributed by atoms with Crippen LogP contribution >= 0.6 is 15.9 Å². The molecular formula is C12H15BrN4O8S. The second-order valence-electron chi connectivity index (χ2n) is 5.03.